The Morgan fingerprint density at radius 2 is 1.71 bits per heavy atom. The zero-order valence-corrected chi connectivity index (χ0v) is 25.6. The zero-order chi connectivity index (χ0) is 29.7. The number of nitrogens with zero attached hydrogens (tertiary/aromatic N) is 1. The van der Waals surface area contributed by atoms with E-state index in [1.165, 1.54) is 22.3 Å². The monoisotopic (exact) mass is 546 g/mol. The second-order valence-corrected chi connectivity index (χ2v) is 11.2. The molecule has 1 N–H and O–H groups in total. The van der Waals surface area contributed by atoms with Crippen LogP contribution in [0.1, 0.15) is 81.5 Å². The van der Waals surface area contributed by atoms with Gasteiger partial charge in [0.25, 0.3) is 0 Å². The van der Waals surface area contributed by atoms with E-state index in [4.69, 9.17) is 4.74 Å². The number of hydrogen-bond donors (Lipinski definition) is 1. The van der Waals surface area contributed by atoms with Crippen LogP contribution in [0.15, 0.2) is 103 Å². The fourth-order valence-corrected chi connectivity index (χ4v) is 5.45. The molecule has 1 atom stereocenters. The Kier molecular flexibility index (Phi) is 12.2. The second kappa shape index (κ2) is 15.8. The normalized spacial score (nSPS) is 13.1. The number of hydrogen-bond acceptors (Lipinski definition) is 3. The molecule has 0 radical (unpaired) electrons. The third-order valence-electron chi connectivity index (χ3n) is 7.43. The van der Waals surface area contributed by atoms with Crippen LogP contribution in [0.4, 0.5) is 5.69 Å². The number of aryl methyl sites for hydroxylation is 2. The Labute approximate surface area is 248 Å². The predicted molar refractivity (Wildman–Crippen MR) is 175 cm³/mol. The van der Waals surface area contributed by atoms with Gasteiger partial charge in [-0.15, -0.1) is 0 Å². The molecule has 0 aliphatic rings. The van der Waals surface area contributed by atoms with Gasteiger partial charge in [0.05, 0.1) is 23.8 Å². The molecular formula is C38H46N2O. The van der Waals surface area contributed by atoms with E-state index < -0.39 is 5.60 Å². The molecule has 3 aromatic carbocycles. The topological polar surface area (TPSA) is 45.0 Å². The maximum atomic E-state index is 9.34. The summed E-state index contributed by atoms with van der Waals surface area (Å²) in [5.41, 5.74) is 9.35. The summed E-state index contributed by atoms with van der Waals surface area (Å²) in [7, 11) is 0. The van der Waals surface area contributed by atoms with Crippen molar-refractivity contribution in [2.45, 2.75) is 78.7 Å². The smallest absolute Gasteiger partial charge is 0.0991 e. The lowest BCUT2D eigenvalue weighted by Crippen LogP contribution is -2.31. The van der Waals surface area contributed by atoms with Crippen molar-refractivity contribution < 1.29 is 4.74 Å². The zero-order valence-electron chi connectivity index (χ0n) is 25.6. The third kappa shape index (κ3) is 9.62. The summed E-state index contributed by atoms with van der Waals surface area (Å²) in [6.07, 6.45) is 12.6. The van der Waals surface area contributed by atoms with E-state index in [1.54, 1.807) is 0 Å². The molecule has 0 spiro atoms. The summed E-state index contributed by atoms with van der Waals surface area (Å²) in [6, 6.07) is 25.2. The van der Waals surface area contributed by atoms with Crippen LogP contribution in [-0.4, -0.2) is 6.61 Å². The minimum absolute atomic E-state index is 0.407. The lowest BCUT2D eigenvalue weighted by molar-refractivity contribution is -0.0543. The van der Waals surface area contributed by atoms with Gasteiger partial charge in [-0.1, -0.05) is 86.2 Å². The molecule has 0 heterocycles. The van der Waals surface area contributed by atoms with Gasteiger partial charge in [-0.2, -0.15) is 5.26 Å². The minimum atomic E-state index is -0.407. The highest BCUT2D eigenvalue weighted by molar-refractivity contribution is 5.65. The number of anilines is 1. The molecule has 0 aromatic heterocycles. The Morgan fingerprint density at radius 1 is 0.976 bits per heavy atom. The van der Waals surface area contributed by atoms with Gasteiger partial charge in [0.15, 0.2) is 0 Å². The number of ether oxygens (including phenoxy) is 1. The molecule has 0 saturated carbocycles. The Bertz CT molecular complexity index is 1370. The van der Waals surface area contributed by atoms with E-state index in [-0.39, 0.29) is 0 Å². The highest BCUT2D eigenvalue weighted by Crippen LogP contribution is 2.38. The first-order valence-corrected chi connectivity index (χ1v) is 14.8. The van der Waals surface area contributed by atoms with Crippen molar-refractivity contribution in [2.75, 3.05) is 11.9 Å². The van der Waals surface area contributed by atoms with Gasteiger partial charge >= 0.3 is 0 Å². The first-order valence-electron chi connectivity index (χ1n) is 14.8. The molecule has 3 aromatic rings. The van der Waals surface area contributed by atoms with Crippen LogP contribution in [0.25, 0.3) is 11.1 Å². The maximum absolute atomic E-state index is 9.34. The lowest BCUT2D eigenvalue weighted by atomic mass is 9.83. The molecule has 3 rings (SSSR count). The van der Waals surface area contributed by atoms with Crippen LogP contribution in [0.2, 0.25) is 0 Å². The summed E-state index contributed by atoms with van der Waals surface area (Å²) in [5.74, 6) is 0. The third-order valence-corrected chi connectivity index (χ3v) is 7.43. The largest absolute Gasteiger partial charge is 0.364 e. The SMILES string of the molecule is C=C(COC(CCC)(CCCC/C(C)=C/C=C\C)c1ccc(-c2cccc(C#N)c2)cc1)Nc1cc(C)cc(C)c1. The molecule has 0 amide bonds. The number of nitrogens with one attached hydrogen (secondary N) is 1. The summed E-state index contributed by atoms with van der Waals surface area (Å²) in [6.45, 7) is 15.4. The van der Waals surface area contributed by atoms with Crippen molar-refractivity contribution in [1.82, 2.24) is 0 Å². The molecule has 3 heteroatoms. The number of allylic oxidation sites excluding steroid dienone is 4. The molecule has 0 bridgehead atoms. The standard InChI is InChI=1S/C38H46N2O/c1-7-9-13-29(3)14-10-11-22-38(21-8-2,41-28-32(6)40-37-24-30(4)23-31(5)25-37)36-19-17-34(18-20-36)35-16-12-15-33(26-35)27-39/h7,9,12-13,15-20,23-26,40H,6,8,10-11,14,21-22,28H2,1-5H3/b9-7-,29-13+. The number of nitriles is 1. The van der Waals surface area contributed by atoms with Crippen LogP contribution in [0.3, 0.4) is 0 Å². The summed E-state index contributed by atoms with van der Waals surface area (Å²) in [5, 5.41) is 12.8. The van der Waals surface area contributed by atoms with E-state index in [0.717, 1.165) is 61.0 Å². The summed E-state index contributed by atoms with van der Waals surface area (Å²) >= 11 is 0. The number of rotatable bonds is 15. The first-order chi connectivity index (χ1) is 19.8. The van der Waals surface area contributed by atoms with E-state index in [2.05, 4.69) is 119 Å². The van der Waals surface area contributed by atoms with E-state index >= 15 is 0 Å². The first kappa shape index (κ1) is 31.7. The molecule has 0 saturated heterocycles. The van der Waals surface area contributed by atoms with Crippen molar-refractivity contribution in [3.63, 3.8) is 0 Å². The molecule has 3 nitrogen and oxygen atoms in total. The van der Waals surface area contributed by atoms with Crippen molar-refractivity contribution in [3.05, 3.63) is 125 Å². The average molecular weight is 547 g/mol. The minimum Gasteiger partial charge on any atom is -0.364 e. The van der Waals surface area contributed by atoms with Gasteiger partial charge in [-0.3, -0.25) is 0 Å². The maximum Gasteiger partial charge on any atom is 0.0991 e. The Morgan fingerprint density at radius 3 is 2.37 bits per heavy atom. The molecule has 214 valence electrons. The average Bonchev–Trinajstić information content (AvgIpc) is 2.96. The fourth-order valence-electron chi connectivity index (χ4n) is 5.45. The summed E-state index contributed by atoms with van der Waals surface area (Å²) in [4.78, 5) is 0. The van der Waals surface area contributed by atoms with E-state index in [0.29, 0.717) is 12.2 Å². The van der Waals surface area contributed by atoms with Crippen LogP contribution in [0.5, 0.6) is 0 Å². The molecule has 0 aliphatic carbocycles. The number of unbranched alkanes of at least 4 members (excludes halogenated alkanes) is 1. The molecular weight excluding hydrogens is 500 g/mol. The predicted octanol–water partition coefficient (Wildman–Crippen LogP) is 10.6. The van der Waals surface area contributed by atoms with Gasteiger partial charge in [0.2, 0.25) is 0 Å². The highest BCUT2D eigenvalue weighted by Gasteiger charge is 2.32. The number of benzene rings is 3. The molecule has 1 unspecified atom stereocenters. The fraction of sp³-hybridized carbons (Fsp3) is 0.342. The van der Waals surface area contributed by atoms with Crippen LogP contribution < -0.4 is 5.32 Å². The van der Waals surface area contributed by atoms with Gasteiger partial charge in [-0.05, 0) is 112 Å². The molecule has 0 fully saturated rings. The lowest BCUT2D eigenvalue weighted by Gasteiger charge is -2.35. The van der Waals surface area contributed by atoms with Crippen LogP contribution in [-0.2, 0) is 10.3 Å². The molecule has 41 heavy (non-hydrogen) atoms. The van der Waals surface area contributed by atoms with Crippen LogP contribution >= 0.6 is 0 Å². The van der Waals surface area contributed by atoms with Gasteiger partial charge in [0.1, 0.15) is 0 Å². The Balaban J connectivity index is 1.83. The quantitative estimate of drug-likeness (QED) is 0.152. The van der Waals surface area contributed by atoms with E-state index in [1.807, 2.05) is 18.2 Å². The summed E-state index contributed by atoms with van der Waals surface area (Å²) < 4.78 is 6.87. The van der Waals surface area contributed by atoms with Gasteiger partial charge < -0.3 is 10.1 Å². The van der Waals surface area contributed by atoms with Gasteiger partial charge in [0, 0.05) is 11.4 Å². The van der Waals surface area contributed by atoms with Crippen molar-refractivity contribution >= 4 is 5.69 Å². The Hall–Kier alpha value is -3.87. The second-order valence-electron chi connectivity index (χ2n) is 11.2. The van der Waals surface area contributed by atoms with Gasteiger partial charge in [-0.25, -0.2) is 0 Å². The van der Waals surface area contributed by atoms with Crippen molar-refractivity contribution in [1.29, 1.82) is 5.26 Å². The van der Waals surface area contributed by atoms with Crippen molar-refractivity contribution in [3.8, 4) is 17.2 Å². The highest BCUT2D eigenvalue weighted by atomic mass is 16.5. The van der Waals surface area contributed by atoms with E-state index in [9.17, 15) is 5.26 Å². The van der Waals surface area contributed by atoms with Crippen molar-refractivity contribution in [2.24, 2.45) is 0 Å². The van der Waals surface area contributed by atoms with Crippen LogP contribution in [0, 0.1) is 25.2 Å². The molecule has 0 aliphatic heterocycles.